The van der Waals surface area contributed by atoms with Gasteiger partial charge in [-0.05, 0) is 66.2 Å². The number of amides is 2. The third kappa shape index (κ3) is 4.92. The van der Waals surface area contributed by atoms with Gasteiger partial charge in [-0.15, -0.1) is 0 Å². The van der Waals surface area contributed by atoms with Gasteiger partial charge in [0.25, 0.3) is 0 Å². The summed E-state index contributed by atoms with van der Waals surface area (Å²) >= 11 is 15.6. The van der Waals surface area contributed by atoms with Gasteiger partial charge in [-0.1, -0.05) is 35.3 Å². The summed E-state index contributed by atoms with van der Waals surface area (Å²) in [5, 5.41) is 7.49. The van der Waals surface area contributed by atoms with Gasteiger partial charge >= 0.3 is 11.8 Å². The van der Waals surface area contributed by atoms with Gasteiger partial charge < -0.3 is 9.88 Å². The van der Waals surface area contributed by atoms with E-state index in [9.17, 15) is 9.59 Å². The minimum atomic E-state index is -0.878. The SMILES string of the molecule is Cc1cc(/C=N\NC(=O)C(=O)Nc2ccccc2Br)c(C)n1-c1ccc(Cl)cc1Cl. The van der Waals surface area contributed by atoms with Crippen LogP contribution in [0.25, 0.3) is 5.69 Å². The summed E-state index contributed by atoms with van der Waals surface area (Å²) in [6.45, 7) is 3.83. The topological polar surface area (TPSA) is 75.5 Å². The van der Waals surface area contributed by atoms with Gasteiger partial charge in [0, 0.05) is 26.4 Å². The van der Waals surface area contributed by atoms with E-state index in [0.29, 0.717) is 20.2 Å². The molecule has 3 rings (SSSR count). The van der Waals surface area contributed by atoms with E-state index in [4.69, 9.17) is 23.2 Å². The Morgan fingerprint density at radius 2 is 1.80 bits per heavy atom. The molecule has 2 N–H and O–H groups in total. The molecule has 0 radical (unpaired) electrons. The van der Waals surface area contributed by atoms with E-state index in [1.54, 1.807) is 36.4 Å². The average molecular weight is 508 g/mol. The van der Waals surface area contributed by atoms with Crippen LogP contribution in [0.1, 0.15) is 17.0 Å². The molecule has 0 aliphatic heterocycles. The fourth-order valence-electron chi connectivity index (χ4n) is 2.90. The van der Waals surface area contributed by atoms with Crippen LogP contribution in [0.2, 0.25) is 10.0 Å². The molecule has 0 spiro atoms. The smallest absolute Gasteiger partial charge is 0.317 e. The van der Waals surface area contributed by atoms with Gasteiger partial charge in [0.1, 0.15) is 0 Å². The zero-order valence-corrected chi connectivity index (χ0v) is 19.1. The summed E-state index contributed by atoms with van der Waals surface area (Å²) in [6.07, 6.45) is 1.48. The third-order valence-corrected chi connectivity index (χ3v) is 5.55. The molecule has 1 heterocycles. The standard InChI is InChI=1S/C21H17BrCl2N4O2/c1-12-9-14(13(2)28(12)19-8-7-15(23)10-17(19)24)11-25-27-21(30)20(29)26-18-6-4-3-5-16(18)22/h3-11H,1-2H3,(H,26,29)(H,27,30)/b25-11-. The maximum absolute atomic E-state index is 12.0. The lowest BCUT2D eigenvalue weighted by atomic mass is 10.2. The molecule has 0 atom stereocenters. The number of benzene rings is 2. The number of nitrogens with zero attached hydrogens (tertiary/aromatic N) is 2. The van der Waals surface area contributed by atoms with Crippen molar-refractivity contribution >= 4 is 62.8 Å². The van der Waals surface area contributed by atoms with Crippen LogP contribution in [0.5, 0.6) is 0 Å². The van der Waals surface area contributed by atoms with Gasteiger partial charge in [0.05, 0.1) is 22.6 Å². The van der Waals surface area contributed by atoms with E-state index in [1.165, 1.54) is 6.21 Å². The monoisotopic (exact) mass is 506 g/mol. The van der Waals surface area contributed by atoms with Crippen LogP contribution in [-0.2, 0) is 9.59 Å². The Balaban J connectivity index is 1.71. The first kappa shape index (κ1) is 22.1. The van der Waals surface area contributed by atoms with Gasteiger partial charge in [-0.25, -0.2) is 5.43 Å². The van der Waals surface area contributed by atoms with Crippen LogP contribution >= 0.6 is 39.1 Å². The highest BCUT2D eigenvalue weighted by molar-refractivity contribution is 9.10. The lowest BCUT2D eigenvalue weighted by Gasteiger charge is -2.11. The number of carbonyl (C=O) groups is 2. The van der Waals surface area contributed by atoms with Crippen molar-refractivity contribution < 1.29 is 9.59 Å². The highest BCUT2D eigenvalue weighted by Crippen LogP contribution is 2.28. The molecule has 0 saturated carbocycles. The summed E-state index contributed by atoms with van der Waals surface area (Å²) in [5.74, 6) is -1.70. The second-order valence-electron chi connectivity index (χ2n) is 6.39. The number of hydrogen-bond donors (Lipinski definition) is 2. The normalized spacial score (nSPS) is 11.0. The molecular formula is C21H17BrCl2N4O2. The minimum absolute atomic E-state index is 0.491. The quantitative estimate of drug-likeness (QED) is 0.287. The molecule has 0 saturated heterocycles. The molecular weight excluding hydrogens is 491 g/mol. The van der Waals surface area contributed by atoms with E-state index in [2.05, 4.69) is 31.8 Å². The maximum atomic E-state index is 12.0. The van der Waals surface area contributed by atoms with Gasteiger partial charge in [-0.2, -0.15) is 5.10 Å². The van der Waals surface area contributed by atoms with Crippen molar-refractivity contribution in [1.29, 1.82) is 0 Å². The molecule has 2 aromatic carbocycles. The summed E-state index contributed by atoms with van der Waals surface area (Å²) in [4.78, 5) is 24.1. The number of halogens is 3. The molecule has 1 aromatic heterocycles. The molecule has 0 fully saturated rings. The minimum Gasteiger partial charge on any atom is -0.317 e. The highest BCUT2D eigenvalue weighted by Gasteiger charge is 2.15. The summed E-state index contributed by atoms with van der Waals surface area (Å²) < 4.78 is 2.63. The molecule has 3 aromatic rings. The second-order valence-corrected chi connectivity index (χ2v) is 8.09. The number of carbonyl (C=O) groups excluding carboxylic acids is 2. The summed E-state index contributed by atoms with van der Waals surface area (Å²) in [6, 6.07) is 14.2. The Labute approximate surface area is 192 Å². The first-order chi connectivity index (χ1) is 14.3. The highest BCUT2D eigenvalue weighted by atomic mass is 79.9. The first-order valence-corrected chi connectivity index (χ1v) is 10.4. The van der Waals surface area contributed by atoms with Crippen molar-refractivity contribution in [1.82, 2.24) is 9.99 Å². The van der Waals surface area contributed by atoms with Gasteiger partial charge in [-0.3, -0.25) is 9.59 Å². The van der Waals surface area contributed by atoms with Crippen molar-refractivity contribution in [3.8, 4) is 5.69 Å². The Morgan fingerprint density at radius 3 is 2.50 bits per heavy atom. The molecule has 0 bridgehead atoms. The van der Waals surface area contributed by atoms with Crippen molar-refractivity contribution in [2.24, 2.45) is 5.10 Å². The number of para-hydroxylation sites is 1. The zero-order valence-electron chi connectivity index (χ0n) is 16.0. The van der Waals surface area contributed by atoms with E-state index < -0.39 is 11.8 Å². The Hall–Kier alpha value is -2.61. The first-order valence-electron chi connectivity index (χ1n) is 8.81. The average Bonchev–Trinajstić information content (AvgIpc) is 2.97. The Bertz CT molecular complexity index is 1160. The number of aromatic nitrogens is 1. The second kappa shape index (κ2) is 9.47. The summed E-state index contributed by atoms with van der Waals surface area (Å²) in [5.41, 5.74) is 6.07. The zero-order chi connectivity index (χ0) is 21.8. The largest absolute Gasteiger partial charge is 0.329 e. The van der Waals surface area contributed by atoms with E-state index in [1.807, 2.05) is 30.5 Å². The number of rotatable bonds is 4. The van der Waals surface area contributed by atoms with Crippen molar-refractivity contribution in [3.63, 3.8) is 0 Å². The van der Waals surface area contributed by atoms with Crippen LogP contribution in [0.4, 0.5) is 5.69 Å². The molecule has 154 valence electrons. The van der Waals surface area contributed by atoms with E-state index in [-0.39, 0.29) is 0 Å². The molecule has 0 aliphatic carbocycles. The predicted octanol–water partition coefficient (Wildman–Crippen LogP) is 5.25. The van der Waals surface area contributed by atoms with Gasteiger partial charge in [0.2, 0.25) is 0 Å². The number of hydrazone groups is 1. The molecule has 0 unspecified atom stereocenters. The van der Waals surface area contributed by atoms with Crippen molar-refractivity contribution in [2.45, 2.75) is 13.8 Å². The molecule has 0 aliphatic rings. The Kier molecular flexibility index (Phi) is 6.97. The van der Waals surface area contributed by atoms with Crippen LogP contribution < -0.4 is 10.7 Å². The Morgan fingerprint density at radius 1 is 1.07 bits per heavy atom. The number of hydrogen-bond acceptors (Lipinski definition) is 3. The van der Waals surface area contributed by atoms with Crippen LogP contribution in [0.3, 0.4) is 0 Å². The number of anilines is 1. The van der Waals surface area contributed by atoms with E-state index >= 15 is 0 Å². The lowest BCUT2D eigenvalue weighted by Crippen LogP contribution is -2.32. The van der Waals surface area contributed by atoms with Crippen LogP contribution in [0.15, 0.2) is 58.1 Å². The summed E-state index contributed by atoms with van der Waals surface area (Å²) in [7, 11) is 0. The van der Waals surface area contributed by atoms with Gasteiger partial charge in [0.15, 0.2) is 0 Å². The molecule has 30 heavy (non-hydrogen) atoms. The lowest BCUT2D eigenvalue weighted by molar-refractivity contribution is -0.136. The van der Waals surface area contributed by atoms with Crippen LogP contribution in [-0.4, -0.2) is 22.6 Å². The molecule has 6 nitrogen and oxygen atoms in total. The number of aryl methyl sites for hydroxylation is 1. The predicted molar refractivity (Wildman–Crippen MR) is 124 cm³/mol. The maximum Gasteiger partial charge on any atom is 0.329 e. The van der Waals surface area contributed by atoms with Crippen LogP contribution in [0, 0.1) is 13.8 Å². The third-order valence-electron chi connectivity index (χ3n) is 4.32. The van der Waals surface area contributed by atoms with E-state index in [0.717, 1.165) is 22.6 Å². The molecule has 9 heteroatoms. The van der Waals surface area contributed by atoms with Crippen molar-refractivity contribution in [3.05, 3.63) is 80.0 Å². The van der Waals surface area contributed by atoms with Crippen molar-refractivity contribution in [2.75, 3.05) is 5.32 Å². The molecule has 2 amide bonds. The fourth-order valence-corrected chi connectivity index (χ4v) is 3.78. The fraction of sp³-hybridized carbons (Fsp3) is 0.0952. The number of nitrogens with one attached hydrogen (secondary N) is 2.